The molecule has 3 N–H and O–H groups in total. The van der Waals surface area contributed by atoms with Gasteiger partial charge in [0.05, 0.1) is 12.0 Å². The predicted molar refractivity (Wildman–Crippen MR) is 125 cm³/mol. The molecule has 0 aliphatic rings. The van der Waals surface area contributed by atoms with Crippen molar-refractivity contribution in [3.8, 4) is 0 Å². The lowest BCUT2D eigenvalue weighted by molar-refractivity contribution is -0.142. The van der Waals surface area contributed by atoms with Crippen LogP contribution >= 0.6 is 15.9 Å². The van der Waals surface area contributed by atoms with Gasteiger partial charge in [-0.15, -0.1) is 0 Å². The fourth-order valence-electron chi connectivity index (χ4n) is 2.66. The Labute approximate surface area is 196 Å². The number of carboxylic acids is 1. The van der Waals surface area contributed by atoms with Gasteiger partial charge in [0.15, 0.2) is 0 Å². The van der Waals surface area contributed by atoms with E-state index < -0.39 is 35.5 Å². The molecule has 2 rings (SSSR count). The molecular formula is C24H31BrFNO5. The first-order chi connectivity index (χ1) is 14.9. The Balaban J connectivity index is 0.000000533. The van der Waals surface area contributed by atoms with E-state index in [1.54, 1.807) is 26.8 Å². The van der Waals surface area contributed by atoms with E-state index in [2.05, 4.69) is 40.3 Å². The number of aliphatic hydroxyl groups is 1. The number of rotatable bonds is 7. The molecule has 0 aromatic heterocycles. The monoisotopic (exact) mass is 511 g/mol. The van der Waals surface area contributed by atoms with E-state index >= 15 is 0 Å². The fraction of sp³-hybridized carbons (Fsp3) is 0.417. The third kappa shape index (κ3) is 11.8. The second-order valence-electron chi connectivity index (χ2n) is 8.40. The molecule has 0 saturated carbocycles. The molecule has 0 heterocycles. The summed E-state index contributed by atoms with van der Waals surface area (Å²) in [6.07, 6.45) is -1.92. The van der Waals surface area contributed by atoms with Crippen LogP contribution in [-0.4, -0.2) is 40.5 Å². The zero-order valence-corrected chi connectivity index (χ0v) is 20.4. The van der Waals surface area contributed by atoms with E-state index in [4.69, 9.17) is 4.74 Å². The molecule has 2 aromatic carbocycles. The van der Waals surface area contributed by atoms with Gasteiger partial charge in [-0.25, -0.2) is 9.18 Å². The predicted octanol–water partition coefficient (Wildman–Crippen LogP) is 5.10. The molecule has 176 valence electrons. The highest BCUT2D eigenvalue weighted by Gasteiger charge is 2.24. The number of aliphatic carboxylic acids is 1. The molecule has 0 saturated heterocycles. The van der Waals surface area contributed by atoms with Gasteiger partial charge in [-0.1, -0.05) is 51.8 Å². The van der Waals surface area contributed by atoms with Gasteiger partial charge < -0.3 is 20.3 Å². The second kappa shape index (κ2) is 13.2. The Morgan fingerprint density at radius 1 is 1.12 bits per heavy atom. The lowest BCUT2D eigenvalue weighted by Gasteiger charge is -2.21. The van der Waals surface area contributed by atoms with E-state index in [0.717, 1.165) is 4.47 Å². The number of alkyl carbamates (subject to hydrolysis) is 1. The standard InChI is InChI=1S/C17H24FNO5.C7H7Br/c1-17(2,3)24-16(23)19-10-13(20)9-12(15(21)22)8-11-6-4-5-7-14(11)18;1-6-2-4-7(8)5-3-6/h4-7,12-13,20H,8-10H2,1-3H3,(H,19,23)(H,21,22);2-5H,1H3/t12-,13+;/m1./s1. The summed E-state index contributed by atoms with van der Waals surface area (Å²) in [5, 5.41) is 21.6. The van der Waals surface area contributed by atoms with Gasteiger partial charge >= 0.3 is 12.1 Å². The molecule has 32 heavy (non-hydrogen) atoms. The molecule has 0 radical (unpaired) electrons. The number of halogens is 2. The number of hydrogen-bond donors (Lipinski definition) is 3. The van der Waals surface area contributed by atoms with E-state index in [0.29, 0.717) is 0 Å². The summed E-state index contributed by atoms with van der Waals surface area (Å²) in [7, 11) is 0. The molecule has 0 aliphatic heterocycles. The van der Waals surface area contributed by atoms with Crippen molar-refractivity contribution in [1.82, 2.24) is 5.32 Å². The molecule has 0 fully saturated rings. The first kappa shape index (κ1) is 27.6. The highest BCUT2D eigenvalue weighted by atomic mass is 79.9. The molecule has 0 bridgehead atoms. The lowest BCUT2D eigenvalue weighted by Crippen LogP contribution is -2.38. The summed E-state index contributed by atoms with van der Waals surface area (Å²) in [6, 6.07) is 14.1. The molecule has 0 aliphatic carbocycles. The SMILES string of the molecule is CC(C)(C)OC(=O)NC[C@@H](O)C[C@@H](Cc1ccccc1F)C(=O)O.Cc1ccc(Br)cc1. The zero-order chi connectivity index (χ0) is 24.3. The van der Waals surface area contributed by atoms with Crippen LogP contribution in [0, 0.1) is 18.7 Å². The van der Waals surface area contributed by atoms with Crippen LogP contribution in [0.2, 0.25) is 0 Å². The van der Waals surface area contributed by atoms with E-state index in [1.165, 1.54) is 23.8 Å². The van der Waals surface area contributed by atoms with Gasteiger partial charge in [0, 0.05) is 11.0 Å². The summed E-state index contributed by atoms with van der Waals surface area (Å²) < 4.78 is 19.8. The Kier molecular flexibility index (Phi) is 11.4. The number of carbonyl (C=O) groups is 2. The van der Waals surface area contributed by atoms with Crippen molar-refractivity contribution < 1.29 is 28.9 Å². The molecule has 8 heteroatoms. The van der Waals surface area contributed by atoms with Crippen LogP contribution in [0.25, 0.3) is 0 Å². The van der Waals surface area contributed by atoms with Crippen molar-refractivity contribution in [2.75, 3.05) is 6.54 Å². The fourth-order valence-corrected chi connectivity index (χ4v) is 2.93. The third-order valence-corrected chi connectivity index (χ3v) is 4.75. The summed E-state index contributed by atoms with van der Waals surface area (Å²) >= 11 is 3.35. The molecule has 2 aromatic rings. The first-order valence-electron chi connectivity index (χ1n) is 10.2. The van der Waals surface area contributed by atoms with Crippen molar-refractivity contribution in [2.45, 2.75) is 52.2 Å². The summed E-state index contributed by atoms with van der Waals surface area (Å²) in [4.78, 5) is 22.8. The van der Waals surface area contributed by atoms with Gasteiger partial charge in [-0.2, -0.15) is 0 Å². The maximum atomic E-state index is 13.6. The molecule has 6 nitrogen and oxygen atoms in total. The van der Waals surface area contributed by atoms with Gasteiger partial charge in [0.25, 0.3) is 0 Å². The van der Waals surface area contributed by atoms with E-state index in [9.17, 15) is 24.2 Å². The Bertz CT molecular complexity index is 846. The number of aliphatic hydroxyl groups excluding tert-OH is 1. The summed E-state index contributed by atoms with van der Waals surface area (Å²) in [5.41, 5.74) is 0.911. The molecule has 2 atom stereocenters. The van der Waals surface area contributed by atoms with Crippen LogP contribution in [0.15, 0.2) is 53.0 Å². The normalized spacial score (nSPS) is 12.7. The van der Waals surface area contributed by atoms with Crippen molar-refractivity contribution in [3.63, 3.8) is 0 Å². The molecular weight excluding hydrogens is 481 g/mol. The van der Waals surface area contributed by atoms with Crippen molar-refractivity contribution >= 4 is 28.0 Å². The topological polar surface area (TPSA) is 95.9 Å². The minimum atomic E-state index is -1.13. The number of aryl methyl sites for hydroxylation is 1. The average molecular weight is 512 g/mol. The van der Waals surface area contributed by atoms with Gasteiger partial charge in [0.1, 0.15) is 11.4 Å². The van der Waals surface area contributed by atoms with Crippen LogP contribution in [0.3, 0.4) is 0 Å². The lowest BCUT2D eigenvalue weighted by atomic mass is 9.93. The number of carboxylic acid groups (broad SMARTS) is 1. The highest BCUT2D eigenvalue weighted by molar-refractivity contribution is 9.10. The van der Waals surface area contributed by atoms with Gasteiger partial charge in [0.2, 0.25) is 0 Å². The quantitative estimate of drug-likeness (QED) is 0.480. The third-order valence-electron chi connectivity index (χ3n) is 4.22. The number of benzene rings is 2. The smallest absolute Gasteiger partial charge is 0.407 e. The van der Waals surface area contributed by atoms with Gasteiger partial charge in [-0.05, 0) is 64.3 Å². The van der Waals surface area contributed by atoms with Crippen LogP contribution < -0.4 is 5.32 Å². The molecule has 0 unspecified atom stereocenters. The second-order valence-corrected chi connectivity index (χ2v) is 9.31. The van der Waals surface area contributed by atoms with Crippen molar-refractivity contribution in [2.24, 2.45) is 5.92 Å². The number of hydrogen-bond acceptors (Lipinski definition) is 4. The first-order valence-corrected chi connectivity index (χ1v) is 11.0. The van der Waals surface area contributed by atoms with Crippen molar-refractivity contribution in [3.05, 3.63) is 69.9 Å². The van der Waals surface area contributed by atoms with Gasteiger partial charge in [-0.3, -0.25) is 4.79 Å². The van der Waals surface area contributed by atoms with Crippen LogP contribution in [-0.2, 0) is 16.0 Å². The van der Waals surface area contributed by atoms with E-state index in [1.807, 2.05) is 12.1 Å². The molecule has 1 amide bonds. The largest absolute Gasteiger partial charge is 0.481 e. The van der Waals surface area contributed by atoms with Crippen molar-refractivity contribution in [1.29, 1.82) is 0 Å². The number of carbonyl (C=O) groups excluding carboxylic acids is 1. The van der Waals surface area contributed by atoms with Crippen LogP contribution in [0.5, 0.6) is 0 Å². The Morgan fingerprint density at radius 3 is 2.22 bits per heavy atom. The van der Waals surface area contributed by atoms with Crippen LogP contribution in [0.1, 0.15) is 38.3 Å². The van der Waals surface area contributed by atoms with Crippen LogP contribution in [0.4, 0.5) is 9.18 Å². The van der Waals surface area contributed by atoms with E-state index in [-0.39, 0.29) is 24.9 Å². The number of amides is 1. The minimum absolute atomic E-state index is 0.0362. The molecule has 0 spiro atoms. The average Bonchev–Trinajstić information content (AvgIpc) is 2.69. The maximum absolute atomic E-state index is 13.6. The minimum Gasteiger partial charge on any atom is -0.481 e. The summed E-state index contributed by atoms with van der Waals surface area (Å²) in [6.45, 7) is 7.05. The zero-order valence-electron chi connectivity index (χ0n) is 18.8. The number of nitrogens with one attached hydrogen (secondary N) is 1. The Morgan fingerprint density at radius 2 is 1.72 bits per heavy atom. The maximum Gasteiger partial charge on any atom is 0.407 e. The summed E-state index contributed by atoms with van der Waals surface area (Å²) in [5.74, 6) is -2.57. The Hall–Kier alpha value is -2.45. The highest BCUT2D eigenvalue weighted by Crippen LogP contribution is 2.17. The number of ether oxygens (including phenoxy) is 1.